The fourth-order valence-electron chi connectivity index (χ4n) is 2.11. The normalized spacial score (nSPS) is 14.7. The van der Waals surface area contributed by atoms with Crippen LogP contribution in [0.25, 0.3) is 0 Å². The molecule has 6 heteroatoms. The third-order valence-corrected chi connectivity index (χ3v) is 4.35. The van der Waals surface area contributed by atoms with Crippen LogP contribution in [0.3, 0.4) is 0 Å². The molecule has 0 radical (unpaired) electrons. The molecular weight excluding hydrogens is 292 g/mol. The molecule has 0 aromatic heterocycles. The van der Waals surface area contributed by atoms with Crippen molar-refractivity contribution >= 4 is 7.60 Å². The average molecular weight is 309 g/mol. The lowest BCUT2D eigenvalue weighted by Crippen LogP contribution is -2.24. The Balaban J connectivity index is 2.26. The van der Waals surface area contributed by atoms with Crippen molar-refractivity contribution in [3.8, 4) is 0 Å². The molecule has 0 spiro atoms. The number of nitrogens with one attached hydrogen (secondary N) is 1. The fraction of sp³-hybridized carbons (Fsp3) is 0.200. The van der Waals surface area contributed by atoms with Crippen molar-refractivity contribution < 1.29 is 18.7 Å². The second-order valence-electron chi connectivity index (χ2n) is 4.84. The topological polar surface area (TPSA) is 69.6 Å². The Bertz CT molecular complexity index is 627. The van der Waals surface area contributed by atoms with Gasteiger partial charge in [-0.2, -0.15) is 0 Å². The van der Waals surface area contributed by atoms with E-state index in [4.69, 9.17) is 0 Å². The average Bonchev–Trinajstić information content (AvgIpc) is 2.45. The summed E-state index contributed by atoms with van der Waals surface area (Å²) in [4.78, 5) is 19.1. The van der Waals surface area contributed by atoms with Crippen molar-refractivity contribution in [1.82, 2.24) is 5.32 Å². The van der Waals surface area contributed by atoms with Crippen molar-refractivity contribution in [3.63, 3.8) is 0 Å². The summed E-state index contributed by atoms with van der Waals surface area (Å²) in [6.45, 7) is 1.82. The third kappa shape index (κ3) is 4.22. The highest BCUT2D eigenvalue weighted by molar-refractivity contribution is 7.52. The molecule has 3 N–H and O–H groups in total. The summed E-state index contributed by atoms with van der Waals surface area (Å²) in [6, 6.07) is 14.2. The Hall–Kier alpha value is -1.52. The van der Waals surface area contributed by atoms with E-state index in [1.165, 1.54) is 24.3 Å². The molecule has 112 valence electrons. The highest BCUT2D eigenvalue weighted by Crippen LogP contribution is 2.50. The minimum atomic E-state index is -4.42. The highest BCUT2D eigenvalue weighted by atomic mass is 31.2. The molecule has 0 bridgehead atoms. The minimum Gasteiger partial charge on any atom is -0.323 e. The molecule has 2 aromatic rings. The van der Waals surface area contributed by atoms with E-state index in [0.29, 0.717) is 5.56 Å². The van der Waals surface area contributed by atoms with Crippen molar-refractivity contribution in [2.24, 2.45) is 0 Å². The van der Waals surface area contributed by atoms with Crippen LogP contribution in [0.1, 0.15) is 29.9 Å². The molecular formula is C15H17FNO3P. The van der Waals surface area contributed by atoms with Gasteiger partial charge >= 0.3 is 7.60 Å². The second kappa shape index (κ2) is 6.50. The van der Waals surface area contributed by atoms with Gasteiger partial charge in [0.15, 0.2) is 0 Å². The maximum absolute atomic E-state index is 13.0. The zero-order valence-corrected chi connectivity index (χ0v) is 12.4. The molecule has 4 nitrogen and oxygen atoms in total. The van der Waals surface area contributed by atoms with E-state index in [2.05, 4.69) is 5.32 Å². The maximum Gasteiger partial charge on any atom is 0.346 e. The lowest BCUT2D eigenvalue weighted by molar-refractivity contribution is 0.341. The van der Waals surface area contributed by atoms with Gasteiger partial charge in [0.25, 0.3) is 0 Å². The van der Waals surface area contributed by atoms with Gasteiger partial charge in [0.1, 0.15) is 11.6 Å². The predicted molar refractivity (Wildman–Crippen MR) is 79.2 cm³/mol. The molecule has 0 aliphatic rings. The summed E-state index contributed by atoms with van der Waals surface area (Å²) >= 11 is 0. The summed E-state index contributed by atoms with van der Waals surface area (Å²) in [5.74, 6) is -1.62. The largest absolute Gasteiger partial charge is 0.346 e. The van der Waals surface area contributed by atoms with Gasteiger partial charge in [0, 0.05) is 6.04 Å². The van der Waals surface area contributed by atoms with Crippen LogP contribution in [0, 0.1) is 5.82 Å². The standard InChI is InChI=1S/C15H17FNO3P/c1-11(12-5-3-2-4-6-12)17-15(21(18,19)20)13-7-9-14(16)10-8-13/h2-11,15,17H,1H3,(H2,18,19,20)/t11-,15+/m1/s1. The highest BCUT2D eigenvalue weighted by Gasteiger charge is 2.31. The Labute approximate surface area is 122 Å². The molecule has 0 saturated carbocycles. The van der Waals surface area contributed by atoms with E-state index >= 15 is 0 Å². The summed E-state index contributed by atoms with van der Waals surface area (Å²) in [7, 11) is -4.42. The SMILES string of the molecule is C[C@@H](N[C@H](c1ccc(F)cc1)P(=O)(O)O)c1ccccc1. The number of hydrogen-bond donors (Lipinski definition) is 3. The van der Waals surface area contributed by atoms with Crippen LogP contribution in [0.4, 0.5) is 4.39 Å². The molecule has 0 amide bonds. The number of hydrogen-bond acceptors (Lipinski definition) is 2. The summed E-state index contributed by atoms with van der Waals surface area (Å²) in [5.41, 5.74) is 1.27. The fourth-order valence-corrected chi connectivity index (χ4v) is 3.09. The molecule has 2 atom stereocenters. The van der Waals surface area contributed by atoms with E-state index < -0.39 is 19.2 Å². The van der Waals surface area contributed by atoms with Gasteiger partial charge in [-0.1, -0.05) is 42.5 Å². The van der Waals surface area contributed by atoms with Gasteiger partial charge in [0.2, 0.25) is 0 Å². The summed E-state index contributed by atoms with van der Waals surface area (Å²) in [5, 5.41) is 2.92. The van der Waals surface area contributed by atoms with Gasteiger partial charge in [-0.05, 0) is 30.2 Å². The van der Waals surface area contributed by atoms with Crippen molar-refractivity contribution in [2.45, 2.75) is 18.7 Å². The molecule has 21 heavy (non-hydrogen) atoms. The Morgan fingerprint density at radius 1 is 1.00 bits per heavy atom. The first-order valence-corrected chi connectivity index (χ1v) is 8.18. The Morgan fingerprint density at radius 2 is 1.57 bits per heavy atom. The van der Waals surface area contributed by atoms with Gasteiger partial charge < -0.3 is 9.79 Å². The zero-order valence-electron chi connectivity index (χ0n) is 11.5. The third-order valence-electron chi connectivity index (χ3n) is 3.23. The quantitative estimate of drug-likeness (QED) is 0.741. The Kier molecular flexibility index (Phi) is 4.91. The number of rotatable bonds is 5. The molecule has 0 heterocycles. The van der Waals surface area contributed by atoms with Crippen LogP contribution >= 0.6 is 7.60 Å². The molecule has 0 aliphatic heterocycles. The van der Waals surface area contributed by atoms with E-state index in [-0.39, 0.29) is 6.04 Å². The lowest BCUT2D eigenvalue weighted by Gasteiger charge is -2.24. The molecule has 0 unspecified atom stereocenters. The summed E-state index contributed by atoms with van der Waals surface area (Å²) in [6.07, 6.45) is 0. The molecule has 0 saturated heterocycles. The van der Waals surface area contributed by atoms with Crippen molar-refractivity contribution in [3.05, 3.63) is 71.5 Å². The zero-order chi connectivity index (χ0) is 15.5. The predicted octanol–water partition coefficient (Wildman–Crippen LogP) is 3.35. The van der Waals surface area contributed by atoms with Crippen LogP contribution in [0.2, 0.25) is 0 Å². The first-order valence-electron chi connectivity index (χ1n) is 6.49. The second-order valence-corrected chi connectivity index (χ2v) is 6.54. The molecule has 2 aromatic carbocycles. The van der Waals surface area contributed by atoms with Gasteiger partial charge in [0.05, 0.1) is 0 Å². The smallest absolute Gasteiger partial charge is 0.323 e. The molecule has 2 rings (SSSR count). The van der Waals surface area contributed by atoms with Gasteiger partial charge in [-0.3, -0.25) is 9.88 Å². The first kappa shape index (κ1) is 15.9. The van der Waals surface area contributed by atoms with E-state index in [0.717, 1.165) is 5.56 Å². The van der Waals surface area contributed by atoms with E-state index in [1.807, 2.05) is 37.3 Å². The van der Waals surface area contributed by atoms with Crippen LogP contribution < -0.4 is 5.32 Å². The van der Waals surface area contributed by atoms with Crippen LogP contribution in [0.5, 0.6) is 0 Å². The van der Waals surface area contributed by atoms with Crippen molar-refractivity contribution in [1.29, 1.82) is 0 Å². The summed E-state index contributed by atoms with van der Waals surface area (Å²) < 4.78 is 24.7. The maximum atomic E-state index is 13.0. The van der Waals surface area contributed by atoms with Crippen molar-refractivity contribution in [2.75, 3.05) is 0 Å². The number of halogens is 1. The first-order chi connectivity index (χ1) is 9.88. The Morgan fingerprint density at radius 3 is 2.10 bits per heavy atom. The minimum absolute atomic E-state index is 0.256. The van der Waals surface area contributed by atoms with Gasteiger partial charge in [-0.15, -0.1) is 0 Å². The van der Waals surface area contributed by atoms with Crippen LogP contribution in [-0.4, -0.2) is 9.79 Å². The lowest BCUT2D eigenvalue weighted by atomic mass is 10.1. The molecule has 0 aliphatic carbocycles. The molecule has 0 fully saturated rings. The number of benzene rings is 2. The van der Waals surface area contributed by atoms with Crippen LogP contribution in [0.15, 0.2) is 54.6 Å². The van der Waals surface area contributed by atoms with Gasteiger partial charge in [-0.25, -0.2) is 4.39 Å². The van der Waals surface area contributed by atoms with Crippen LogP contribution in [-0.2, 0) is 4.57 Å². The van der Waals surface area contributed by atoms with E-state index in [1.54, 1.807) is 0 Å². The van der Waals surface area contributed by atoms with E-state index in [9.17, 15) is 18.7 Å². The monoisotopic (exact) mass is 309 g/mol.